The van der Waals surface area contributed by atoms with Crippen LogP contribution in [0.4, 0.5) is 0 Å². The van der Waals surface area contributed by atoms with Crippen molar-refractivity contribution < 1.29 is 18.7 Å². The molecular weight excluding hydrogens is 418 g/mol. The van der Waals surface area contributed by atoms with E-state index < -0.39 is 8.32 Å². The number of hydrogen-bond acceptors (Lipinski definition) is 4. The molecule has 0 aliphatic heterocycles. The lowest BCUT2D eigenvalue weighted by atomic mass is 9.99. The second-order valence-corrected chi connectivity index (χ2v) is 14.1. The molecule has 0 fully saturated rings. The van der Waals surface area contributed by atoms with E-state index in [9.17, 15) is 4.79 Å². The zero-order valence-electron chi connectivity index (χ0n) is 20.0. The number of ether oxygens (including phenoxy) is 2. The van der Waals surface area contributed by atoms with Gasteiger partial charge in [-0.15, -0.1) is 0 Å². The summed E-state index contributed by atoms with van der Waals surface area (Å²) >= 11 is 0. The summed E-state index contributed by atoms with van der Waals surface area (Å²) in [6.45, 7) is 13.2. The van der Waals surface area contributed by atoms with E-state index in [4.69, 9.17) is 13.9 Å². The Kier molecular flexibility index (Phi) is 6.84. The first-order valence-electron chi connectivity index (χ1n) is 10.9. The summed E-state index contributed by atoms with van der Waals surface area (Å²) in [4.78, 5) is 15.1. The molecule has 3 rings (SSSR count). The van der Waals surface area contributed by atoms with Crippen molar-refractivity contribution in [3.05, 3.63) is 54.2 Å². The normalized spacial score (nSPS) is 12.3. The summed E-state index contributed by atoms with van der Waals surface area (Å²) in [5.41, 5.74) is 3.86. The lowest BCUT2D eigenvalue weighted by Gasteiger charge is -2.37. The van der Waals surface area contributed by atoms with Gasteiger partial charge in [-0.1, -0.05) is 26.8 Å². The molecule has 0 aliphatic rings. The van der Waals surface area contributed by atoms with Crippen molar-refractivity contribution in [3.63, 3.8) is 0 Å². The molecule has 1 aromatic heterocycles. The van der Waals surface area contributed by atoms with Crippen molar-refractivity contribution >= 4 is 31.3 Å². The van der Waals surface area contributed by atoms with E-state index in [2.05, 4.69) is 63.1 Å². The molecule has 0 bridgehead atoms. The molecule has 3 aromatic rings. The number of carbonyl (C=O) groups is 1. The average molecular weight is 452 g/mol. The highest BCUT2D eigenvalue weighted by molar-refractivity contribution is 6.74. The predicted molar refractivity (Wildman–Crippen MR) is 134 cm³/mol. The van der Waals surface area contributed by atoms with Crippen LogP contribution >= 0.6 is 0 Å². The standard InChI is InChI=1S/C26H33NO4Si/c1-8-30-24(28)12-9-18-15-21(19-10-11-22-20(17-19)13-14-27-22)25(23(16-18)29-5)31-32(6,7)26(2,3)4/h9-17,27H,8H2,1-7H3/b12-9+. The third kappa shape index (κ3) is 5.07. The average Bonchev–Trinajstić information content (AvgIpc) is 3.19. The number of carbonyl (C=O) groups excluding carboxylic acids is 1. The highest BCUT2D eigenvalue weighted by Gasteiger charge is 2.40. The van der Waals surface area contributed by atoms with E-state index in [1.165, 1.54) is 6.08 Å². The molecule has 0 spiro atoms. The quantitative estimate of drug-likeness (QED) is 0.244. The highest BCUT2D eigenvalue weighted by Crippen LogP contribution is 2.45. The van der Waals surface area contributed by atoms with E-state index in [-0.39, 0.29) is 11.0 Å². The van der Waals surface area contributed by atoms with Crippen LogP contribution in [0.2, 0.25) is 18.1 Å². The van der Waals surface area contributed by atoms with Crippen molar-refractivity contribution in [3.8, 4) is 22.6 Å². The molecule has 0 amide bonds. The maximum absolute atomic E-state index is 11.8. The minimum atomic E-state index is -2.14. The molecule has 1 N–H and O–H groups in total. The lowest BCUT2D eigenvalue weighted by Crippen LogP contribution is -2.44. The summed E-state index contributed by atoms with van der Waals surface area (Å²) in [7, 11) is -0.496. The zero-order valence-corrected chi connectivity index (χ0v) is 21.0. The van der Waals surface area contributed by atoms with Crippen LogP contribution in [0.1, 0.15) is 33.3 Å². The molecule has 170 valence electrons. The Morgan fingerprint density at radius 2 is 1.88 bits per heavy atom. The van der Waals surface area contributed by atoms with Gasteiger partial charge in [-0.25, -0.2) is 4.79 Å². The van der Waals surface area contributed by atoms with E-state index in [1.54, 1.807) is 20.1 Å². The number of fused-ring (bicyclic) bond motifs is 1. The summed E-state index contributed by atoms with van der Waals surface area (Å²) in [5.74, 6) is 1.01. The second kappa shape index (κ2) is 9.24. The molecule has 0 radical (unpaired) electrons. The largest absolute Gasteiger partial charge is 0.541 e. The number of rotatable bonds is 7. The maximum atomic E-state index is 11.8. The van der Waals surface area contributed by atoms with Gasteiger partial charge in [0.25, 0.3) is 8.32 Å². The van der Waals surface area contributed by atoms with Crippen LogP contribution in [-0.4, -0.2) is 33.0 Å². The number of esters is 1. The van der Waals surface area contributed by atoms with Crippen LogP contribution in [0.25, 0.3) is 28.1 Å². The Morgan fingerprint density at radius 3 is 2.53 bits per heavy atom. The van der Waals surface area contributed by atoms with Crippen molar-refractivity contribution in [2.45, 2.75) is 45.8 Å². The Labute approximate surface area is 191 Å². The Hall–Kier alpha value is -2.99. The molecule has 0 aliphatic carbocycles. The van der Waals surface area contributed by atoms with Crippen LogP contribution in [0.3, 0.4) is 0 Å². The minimum Gasteiger partial charge on any atom is -0.541 e. The van der Waals surface area contributed by atoms with E-state index in [1.807, 2.05) is 18.3 Å². The molecule has 32 heavy (non-hydrogen) atoms. The van der Waals surface area contributed by atoms with Gasteiger partial charge in [0.1, 0.15) is 0 Å². The maximum Gasteiger partial charge on any atom is 0.330 e. The first-order valence-corrected chi connectivity index (χ1v) is 13.8. The van der Waals surface area contributed by atoms with Gasteiger partial charge >= 0.3 is 5.97 Å². The molecule has 5 nitrogen and oxygen atoms in total. The number of benzene rings is 2. The van der Waals surface area contributed by atoms with Crippen LogP contribution in [0, 0.1) is 0 Å². The smallest absolute Gasteiger partial charge is 0.330 e. The Morgan fingerprint density at radius 1 is 1.12 bits per heavy atom. The van der Waals surface area contributed by atoms with Gasteiger partial charge in [0, 0.05) is 23.4 Å². The third-order valence-electron chi connectivity index (χ3n) is 6.02. The van der Waals surface area contributed by atoms with Gasteiger partial charge in [0.2, 0.25) is 0 Å². The van der Waals surface area contributed by atoms with Gasteiger partial charge in [-0.05, 0) is 78.0 Å². The lowest BCUT2D eigenvalue weighted by molar-refractivity contribution is -0.137. The van der Waals surface area contributed by atoms with Gasteiger partial charge in [-0.3, -0.25) is 0 Å². The summed E-state index contributed by atoms with van der Waals surface area (Å²) in [5, 5.41) is 1.15. The fraction of sp³-hybridized carbons (Fsp3) is 0.346. The van der Waals surface area contributed by atoms with Crippen LogP contribution in [0.15, 0.2) is 48.7 Å². The van der Waals surface area contributed by atoms with Crippen molar-refractivity contribution in [2.24, 2.45) is 0 Å². The van der Waals surface area contributed by atoms with Crippen molar-refractivity contribution in [1.29, 1.82) is 0 Å². The van der Waals surface area contributed by atoms with Gasteiger partial charge in [-0.2, -0.15) is 0 Å². The number of H-pyrrole nitrogens is 1. The van der Waals surface area contributed by atoms with Crippen molar-refractivity contribution in [2.75, 3.05) is 13.7 Å². The van der Waals surface area contributed by atoms with Crippen LogP contribution < -0.4 is 9.16 Å². The van der Waals surface area contributed by atoms with E-state index in [0.29, 0.717) is 12.4 Å². The molecule has 0 saturated carbocycles. The fourth-order valence-corrected chi connectivity index (χ4v) is 4.20. The molecule has 6 heteroatoms. The molecule has 2 aromatic carbocycles. The first-order chi connectivity index (χ1) is 15.1. The first kappa shape index (κ1) is 23.7. The van der Waals surface area contributed by atoms with E-state index >= 15 is 0 Å². The molecule has 0 saturated heterocycles. The minimum absolute atomic E-state index is 0.0301. The van der Waals surface area contributed by atoms with Crippen LogP contribution in [-0.2, 0) is 9.53 Å². The van der Waals surface area contributed by atoms with Crippen molar-refractivity contribution in [1.82, 2.24) is 4.98 Å². The molecule has 0 atom stereocenters. The third-order valence-corrected chi connectivity index (χ3v) is 10.4. The molecule has 0 unspecified atom stereocenters. The fourth-order valence-electron chi connectivity index (χ4n) is 3.17. The predicted octanol–water partition coefficient (Wildman–Crippen LogP) is 6.80. The molecular formula is C26H33NO4Si. The Balaban J connectivity index is 2.18. The van der Waals surface area contributed by atoms with Gasteiger partial charge in [0.05, 0.1) is 13.7 Å². The summed E-state index contributed by atoms with van der Waals surface area (Å²) < 4.78 is 17.6. The number of aromatic nitrogens is 1. The monoisotopic (exact) mass is 451 g/mol. The number of hydrogen-bond donors (Lipinski definition) is 1. The SMILES string of the molecule is CCOC(=O)/C=C/c1cc(OC)c(O[Si](C)(C)C(C)(C)C)c(-c2ccc3[nH]ccc3c2)c1. The van der Waals surface area contributed by atoms with Crippen LogP contribution in [0.5, 0.6) is 11.5 Å². The summed E-state index contributed by atoms with van der Waals surface area (Å²) in [6.07, 6.45) is 5.11. The number of aromatic amines is 1. The van der Waals surface area contributed by atoms with Gasteiger partial charge in [0.15, 0.2) is 11.5 Å². The van der Waals surface area contributed by atoms with Gasteiger partial charge < -0.3 is 18.9 Å². The summed E-state index contributed by atoms with van der Waals surface area (Å²) in [6, 6.07) is 12.3. The number of nitrogens with one attached hydrogen (secondary N) is 1. The topological polar surface area (TPSA) is 60.6 Å². The second-order valence-electron chi connectivity index (χ2n) is 9.33. The zero-order chi connectivity index (χ0) is 23.5. The Bertz CT molecular complexity index is 1140. The molecule has 1 heterocycles. The highest BCUT2D eigenvalue weighted by atomic mass is 28.4. The number of methoxy groups -OCH3 is 1. The van der Waals surface area contributed by atoms with E-state index in [0.717, 1.165) is 33.3 Å².